The van der Waals surface area contributed by atoms with Gasteiger partial charge < -0.3 is 0 Å². The van der Waals surface area contributed by atoms with Crippen LogP contribution in [-0.4, -0.2) is 13.3 Å². The molecule has 0 nitrogen and oxygen atoms in total. The number of thioether (sulfide) groups is 1. The van der Waals surface area contributed by atoms with Crippen molar-refractivity contribution in [3.63, 3.8) is 0 Å². The van der Waals surface area contributed by atoms with Crippen molar-refractivity contribution >= 4 is 19.8 Å². The molecule has 0 aromatic heterocycles. The highest BCUT2D eigenvalue weighted by Gasteiger charge is 2.09. The van der Waals surface area contributed by atoms with E-state index >= 15 is 0 Å². The summed E-state index contributed by atoms with van der Waals surface area (Å²) in [7, 11) is -1.23. The van der Waals surface area contributed by atoms with Gasteiger partial charge in [-0.1, -0.05) is 50.7 Å². The lowest BCUT2D eigenvalue weighted by atomic mass is 10.3. The van der Waals surface area contributed by atoms with E-state index in [1.54, 1.807) is 0 Å². The molecule has 86 valence electrons. The maximum atomic E-state index is 3.46. The largest absolute Gasteiger partial charge is 0.131 e. The third-order valence-corrected chi connectivity index (χ3v) is 4.17. The highest BCUT2D eigenvalue weighted by atomic mass is 32.2. The Bertz CT molecular complexity index is 367. The summed E-state index contributed by atoms with van der Waals surface area (Å²) in [6.45, 7) is 9.08. The highest BCUT2D eigenvalue weighted by Crippen LogP contribution is 2.24. The maximum absolute atomic E-state index is 3.46. The molecule has 0 heterocycles. The van der Waals surface area contributed by atoms with Crippen LogP contribution < -0.4 is 0 Å². The van der Waals surface area contributed by atoms with Crippen LogP contribution in [0, 0.1) is 11.5 Å². The Morgan fingerprint density at radius 2 is 1.81 bits per heavy atom. The summed E-state index contributed by atoms with van der Waals surface area (Å²) in [5, 5.41) is 0.439. The minimum Gasteiger partial charge on any atom is -0.131 e. The number of rotatable bonds is 3. The standard InChI is InChI=1S/C14H20SSi/c1-5-13(11-12-16(2,3)4)15-14-9-7-6-8-10-14/h6-10,13H,5H2,1-4H3. The summed E-state index contributed by atoms with van der Waals surface area (Å²) in [6, 6.07) is 10.5. The molecule has 1 aromatic carbocycles. The molecule has 1 aromatic rings. The van der Waals surface area contributed by atoms with Crippen LogP contribution in [0.3, 0.4) is 0 Å². The van der Waals surface area contributed by atoms with Crippen molar-refractivity contribution in [1.82, 2.24) is 0 Å². The van der Waals surface area contributed by atoms with E-state index in [9.17, 15) is 0 Å². The average molecular weight is 248 g/mol. The van der Waals surface area contributed by atoms with Gasteiger partial charge in [-0.3, -0.25) is 0 Å². The second kappa shape index (κ2) is 6.17. The van der Waals surface area contributed by atoms with Crippen LogP contribution in [0.25, 0.3) is 0 Å². The van der Waals surface area contributed by atoms with E-state index in [0.717, 1.165) is 6.42 Å². The van der Waals surface area contributed by atoms with Crippen molar-refractivity contribution in [3.05, 3.63) is 30.3 Å². The van der Waals surface area contributed by atoms with Crippen LogP contribution in [0.2, 0.25) is 19.6 Å². The third-order valence-electron chi connectivity index (χ3n) is 2.00. The van der Waals surface area contributed by atoms with Gasteiger partial charge in [0.05, 0.1) is 5.25 Å². The molecule has 1 atom stereocenters. The van der Waals surface area contributed by atoms with Crippen molar-refractivity contribution in [2.45, 2.75) is 43.1 Å². The Morgan fingerprint density at radius 1 is 1.19 bits per heavy atom. The minimum atomic E-state index is -1.23. The molecule has 0 amide bonds. The van der Waals surface area contributed by atoms with Gasteiger partial charge in [-0.25, -0.2) is 0 Å². The SMILES string of the molecule is CCC(C#C[Si](C)(C)C)Sc1ccccc1. The zero-order valence-electron chi connectivity index (χ0n) is 10.6. The van der Waals surface area contributed by atoms with E-state index in [1.165, 1.54) is 4.90 Å². The van der Waals surface area contributed by atoms with Gasteiger partial charge in [0.15, 0.2) is 0 Å². The van der Waals surface area contributed by atoms with Gasteiger partial charge in [-0.15, -0.1) is 17.3 Å². The Kier molecular flexibility index (Phi) is 5.17. The molecule has 0 spiro atoms. The zero-order chi connectivity index (χ0) is 12.0. The van der Waals surface area contributed by atoms with Gasteiger partial charge in [0.1, 0.15) is 8.07 Å². The molecule has 16 heavy (non-hydrogen) atoms. The van der Waals surface area contributed by atoms with Crippen molar-refractivity contribution in [1.29, 1.82) is 0 Å². The monoisotopic (exact) mass is 248 g/mol. The Hall–Kier alpha value is -0.653. The molecule has 1 unspecified atom stereocenters. The van der Waals surface area contributed by atoms with E-state index in [-0.39, 0.29) is 0 Å². The lowest BCUT2D eigenvalue weighted by Gasteiger charge is -2.09. The van der Waals surface area contributed by atoms with Crippen LogP contribution in [-0.2, 0) is 0 Å². The molecule has 0 bridgehead atoms. The van der Waals surface area contributed by atoms with Crippen LogP contribution in [0.1, 0.15) is 13.3 Å². The minimum absolute atomic E-state index is 0.439. The molecule has 0 aliphatic rings. The predicted molar refractivity (Wildman–Crippen MR) is 77.5 cm³/mol. The topological polar surface area (TPSA) is 0 Å². The normalized spacial score (nSPS) is 12.8. The van der Waals surface area contributed by atoms with E-state index < -0.39 is 8.07 Å². The van der Waals surface area contributed by atoms with Crippen LogP contribution >= 0.6 is 11.8 Å². The van der Waals surface area contributed by atoms with Crippen molar-refractivity contribution in [3.8, 4) is 11.5 Å². The summed E-state index contributed by atoms with van der Waals surface area (Å²) in [5.41, 5.74) is 3.46. The van der Waals surface area contributed by atoms with Gasteiger partial charge in [0.25, 0.3) is 0 Å². The fourth-order valence-electron chi connectivity index (χ4n) is 1.18. The Labute approximate surface area is 105 Å². The molecule has 0 saturated heterocycles. The lowest BCUT2D eigenvalue weighted by Crippen LogP contribution is -2.17. The molecule has 0 N–H and O–H groups in total. The van der Waals surface area contributed by atoms with Crippen LogP contribution in [0.4, 0.5) is 0 Å². The summed E-state index contributed by atoms with van der Waals surface area (Å²) < 4.78 is 0. The molecular formula is C14H20SSi. The van der Waals surface area contributed by atoms with Crippen molar-refractivity contribution in [2.24, 2.45) is 0 Å². The Morgan fingerprint density at radius 3 is 2.31 bits per heavy atom. The second-order valence-electron chi connectivity index (χ2n) is 4.85. The number of hydrogen-bond acceptors (Lipinski definition) is 1. The molecule has 0 radical (unpaired) electrons. The van der Waals surface area contributed by atoms with Gasteiger partial charge in [0.2, 0.25) is 0 Å². The van der Waals surface area contributed by atoms with E-state index in [1.807, 2.05) is 11.8 Å². The summed E-state index contributed by atoms with van der Waals surface area (Å²) >= 11 is 1.88. The van der Waals surface area contributed by atoms with Crippen molar-refractivity contribution < 1.29 is 0 Å². The van der Waals surface area contributed by atoms with Gasteiger partial charge in [-0.05, 0) is 18.6 Å². The zero-order valence-corrected chi connectivity index (χ0v) is 12.4. The molecule has 0 saturated carbocycles. The van der Waals surface area contributed by atoms with Gasteiger partial charge >= 0.3 is 0 Å². The van der Waals surface area contributed by atoms with Gasteiger partial charge in [0, 0.05) is 4.90 Å². The summed E-state index contributed by atoms with van der Waals surface area (Å²) in [5.74, 6) is 3.43. The number of hydrogen-bond donors (Lipinski definition) is 0. The molecule has 1 rings (SSSR count). The summed E-state index contributed by atoms with van der Waals surface area (Å²) in [4.78, 5) is 1.32. The smallest absolute Gasteiger partial charge is 0.129 e. The van der Waals surface area contributed by atoms with Crippen molar-refractivity contribution in [2.75, 3.05) is 0 Å². The lowest BCUT2D eigenvalue weighted by molar-refractivity contribution is 0.999. The first-order valence-corrected chi connectivity index (χ1v) is 10.1. The van der Waals surface area contributed by atoms with Crippen LogP contribution in [0.5, 0.6) is 0 Å². The van der Waals surface area contributed by atoms with Crippen LogP contribution in [0.15, 0.2) is 35.2 Å². The Balaban J connectivity index is 2.66. The molecular weight excluding hydrogens is 228 g/mol. The van der Waals surface area contributed by atoms with E-state index in [2.05, 4.69) is 68.4 Å². The first-order valence-electron chi connectivity index (χ1n) is 5.75. The van der Waals surface area contributed by atoms with E-state index in [4.69, 9.17) is 0 Å². The first-order chi connectivity index (χ1) is 7.51. The first kappa shape index (κ1) is 13.4. The second-order valence-corrected chi connectivity index (χ2v) is 10.9. The molecule has 0 aliphatic heterocycles. The summed E-state index contributed by atoms with van der Waals surface area (Å²) in [6.07, 6.45) is 1.11. The molecule has 0 fully saturated rings. The average Bonchev–Trinajstić information content (AvgIpc) is 2.24. The third kappa shape index (κ3) is 5.44. The van der Waals surface area contributed by atoms with Gasteiger partial charge in [-0.2, -0.15) is 0 Å². The fourth-order valence-corrected chi connectivity index (χ4v) is 2.81. The predicted octanol–water partition coefficient (Wildman–Crippen LogP) is 4.44. The molecule has 2 heteroatoms. The molecule has 0 aliphatic carbocycles. The highest BCUT2D eigenvalue weighted by molar-refractivity contribution is 8.00. The van der Waals surface area contributed by atoms with E-state index in [0.29, 0.717) is 5.25 Å². The maximum Gasteiger partial charge on any atom is 0.129 e. The number of benzene rings is 1. The fraction of sp³-hybridized carbons (Fsp3) is 0.429. The quantitative estimate of drug-likeness (QED) is 0.433.